The Morgan fingerprint density at radius 1 is 0.743 bits per heavy atom. The molecule has 2 aliphatic heterocycles. The zero-order chi connectivity index (χ0) is 26.9. The van der Waals surface area contributed by atoms with Gasteiger partial charge in [-0.3, -0.25) is 0 Å². The van der Waals surface area contributed by atoms with Crippen LogP contribution in [-0.4, -0.2) is 57.5 Å². The molecule has 1 atom stereocenters. The Hall–Kier alpha value is -0.200. The van der Waals surface area contributed by atoms with E-state index in [2.05, 4.69) is 104 Å². The molecule has 0 aromatic rings. The fourth-order valence-electron chi connectivity index (χ4n) is 7.76. The van der Waals surface area contributed by atoms with Crippen LogP contribution in [0.3, 0.4) is 0 Å². The molecule has 0 aromatic heterocycles. The Balaban J connectivity index is 1.95. The molecule has 208 valence electrons. The van der Waals surface area contributed by atoms with Gasteiger partial charge in [-0.05, 0) is 120 Å². The summed E-state index contributed by atoms with van der Waals surface area (Å²) in [4.78, 5) is 0. The highest BCUT2D eigenvalue weighted by atomic mass is 16.3. The standard InChI is InChI=1S/C30H62N4O/c1-25(2,24(14-17-35)31-22-18-27(5,6)33-28(7,8)19-22)15-13-16-26(3,4)32-23-20-29(9,10)34-30(11,12)21-23/h22-24,31-35H,13-21H2,1-12H3. The topological polar surface area (TPSA) is 68.3 Å². The molecule has 1 unspecified atom stereocenters. The molecule has 0 amide bonds. The molecular formula is C30H62N4O. The highest BCUT2D eigenvalue weighted by molar-refractivity contribution is 5.03. The first-order valence-corrected chi connectivity index (χ1v) is 14.4. The van der Waals surface area contributed by atoms with Crippen LogP contribution in [0.4, 0.5) is 0 Å². The van der Waals surface area contributed by atoms with Crippen LogP contribution in [-0.2, 0) is 0 Å². The van der Waals surface area contributed by atoms with Crippen LogP contribution >= 0.6 is 0 Å². The average Bonchev–Trinajstić information content (AvgIpc) is 2.54. The lowest BCUT2D eigenvalue weighted by Crippen LogP contribution is -2.63. The van der Waals surface area contributed by atoms with Gasteiger partial charge in [-0.25, -0.2) is 0 Å². The summed E-state index contributed by atoms with van der Waals surface area (Å²) in [6.45, 7) is 28.4. The van der Waals surface area contributed by atoms with Gasteiger partial charge in [0.25, 0.3) is 0 Å². The first-order valence-electron chi connectivity index (χ1n) is 14.4. The third-order valence-corrected chi connectivity index (χ3v) is 8.40. The molecule has 2 saturated heterocycles. The van der Waals surface area contributed by atoms with Gasteiger partial charge in [0, 0.05) is 52.4 Å². The predicted octanol–water partition coefficient (Wildman–Crippen LogP) is 5.51. The van der Waals surface area contributed by atoms with E-state index in [1.54, 1.807) is 0 Å². The number of rotatable bonds is 11. The second-order valence-electron chi connectivity index (χ2n) is 16.1. The molecular weight excluding hydrogens is 432 g/mol. The van der Waals surface area contributed by atoms with Crippen molar-refractivity contribution >= 4 is 0 Å². The molecule has 2 rings (SSSR count). The lowest BCUT2D eigenvalue weighted by Gasteiger charge is -2.49. The summed E-state index contributed by atoms with van der Waals surface area (Å²) in [5, 5.41) is 25.5. The van der Waals surface area contributed by atoms with Crippen LogP contribution in [0.2, 0.25) is 0 Å². The number of nitrogens with one attached hydrogen (secondary N) is 4. The molecule has 5 nitrogen and oxygen atoms in total. The zero-order valence-corrected chi connectivity index (χ0v) is 25.5. The molecule has 5 heteroatoms. The van der Waals surface area contributed by atoms with E-state index in [1.165, 1.54) is 12.8 Å². The lowest BCUT2D eigenvalue weighted by molar-refractivity contribution is 0.100. The molecule has 0 spiro atoms. The smallest absolute Gasteiger partial charge is 0.0446 e. The maximum atomic E-state index is 9.89. The number of aliphatic hydroxyl groups is 1. The fourth-order valence-corrected chi connectivity index (χ4v) is 7.76. The van der Waals surface area contributed by atoms with Crippen molar-refractivity contribution in [3.8, 4) is 0 Å². The van der Waals surface area contributed by atoms with Gasteiger partial charge in [-0.2, -0.15) is 0 Å². The molecule has 2 aliphatic rings. The van der Waals surface area contributed by atoms with Gasteiger partial charge in [0.2, 0.25) is 0 Å². The van der Waals surface area contributed by atoms with Crippen molar-refractivity contribution < 1.29 is 5.11 Å². The number of piperidine rings is 2. The van der Waals surface area contributed by atoms with E-state index in [0.29, 0.717) is 18.1 Å². The van der Waals surface area contributed by atoms with Gasteiger partial charge >= 0.3 is 0 Å². The quantitative estimate of drug-likeness (QED) is 0.262. The zero-order valence-electron chi connectivity index (χ0n) is 25.5. The van der Waals surface area contributed by atoms with Gasteiger partial charge < -0.3 is 26.4 Å². The number of hydrogen-bond acceptors (Lipinski definition) is 5. The van der Waals surface area contributed by atoms with Gasteiger partial charge in [0.1, 0.15) is 0 Å². The summed E-state index contributed by atoms with van der Waals surface area (Å²) in [6, 6.07) is 1.34. The summed E-state index contributed by atoms with van der Waals surface area (Å²) in [5.74, 6) is 0. The maximum absolute atomic E-state index is 9.89. The van der Waals surface area contributed by atoms with Crippen LogP contribution in [0, 0.1) is 5.41 Å². The fraction of sp³-hybridized carbons (Fsp3) is 1.00. The van der Waals surface area contributed by atoms with Crippen molar-refractivity contribution in [1.82, 2.24) is 21.3 Å². The van der Waals surface area contributed by atoms with Gasteiger partial charge in [0.15, 0.2) is 0 Å². The largest absolute Gasteiger partial charge is 0.396 e. The molecule has 0 saturated carbocycles. The molecule has 2 heterocycles. The summed E-state index contributed by atoms with van der Waals surface area (Å²) in [7, 11) is 0. The SMILES string of the molecule is CC(C)(CCCC(C)(C)C(CCO)NC1CC(C)(C)NC(C)(C)C1)NC1CC(C)(C)NC(C)(C)C1. The first-order chi connectivity index (χ1) is 15.7. The normalized spacial score (nSPS) is 26.0. The summed E-state index contributed by atoms with van der Waals surface area (Å²) in [6.07, 6.45) is 8.91. The lowest BCUT2D eigenvalue weighted by atomic mass is 9.74. The second-order valence-corrected chi connectivity index (χ2v) is 16.1. The summed E-state index contributed by atoms with van der Waals surface area (Å²) >= 11 is 0. The van der Waals surface area contributed by atoms with Crippen molar-refractivity contribution in [2.45, 2.75) is 180 Å². The monoisotopic (exact) mass is 494 g/mol. The Bertz CT molecular complexity index is 648. The van der Waals surface area contributed by atoms with E-state index >= 15 is 0 Å². The van der Waals surface area contributed by atoms with Crippen molar-refractivity contribution in [2.24, 2.45) is 5.41 Å². The van der Waals surface area contributed by atoms with Crippen molar-refractivity contribution in [3.05, 3.63) is 0 Å². The maximum Gasteiger partial charge on any atom is 0.0446 e. The minimum atomic E-state index is 0.118. The molecule has 0 aromatic carbocycles. The third kappa shape index (κ3) is 10.2. The molecule has 0 bridgehead atoms. The molecule has 0 radical (unpaired) electrons. The van der Waals surface area contributed by atoms with Crippen molar-refractivity contribution in [2.75, 3.05) is 6.61 Å². The summed E-state index contributed by atoms with van der Waals surface area (Å²) < 4.78 is 0. The molecule has 5 N–H and O–H groups in total. The van der Waals surface area contributed by atoms with Crippen LogP contribution in [0.1, 0.15) is 134 Å². The average molecular weight is 495 g/mol. The van der Waals surface area contributed by atoms with Crippen LogP contribution < -0.4 is 21.3 Å². The molecule has 2 fully saturated rings. The van der Waals surface area contributed by atoms with E-state index in [-0.39, 0.29) is 39.7 Å². The second kappa shape index (κ2) is 10.9. The Morgan fingerprint density at radius 2 is 1.17 bits per heavy atom. The van der Waals surface area contributed by atoms with E-state index in [0.717, 1.165) is 38.5 Å². The first kappa shape index (κ1) is 31.0. The van der Waals surface area contributed by atoms with Gasteiger partial charge in [-0.1, -0.05) is 20.3 Å². The van der Waals surface area contributed by atoms with Crippen LogP contribution in [0.25, 0.3) is 0 Å². The Morgan fingerprint density at radius 3 is 1.60 bits per heavy atom. The van der Waals surface area contributed by atoms with E-state index in [4.69, 9.17) is 0 Å². The van der Waals surface area contributed by atoms with Gasteiger partial charge in [-0.15, -0.1) is 0 Å². The van der Waals surface area contributed by atoms with Crippen molar-refractivity contribution in [3.63, 3.8) is 0 Å². The van der Waals surface area contributed by atoms with E-state index in [9.17, 15) is 5.11 Å². The minimum absolute atomic E-state index is 0.118. The summed E-state index contributed by atoms with van der Waals surface area (Å²) in [5.41, 5.74) is 0.836. The molecule has 35 heavy (non-hydrogen) atoms. The number of hydrogen-bond donors (Lipinski definition) is 5. The minimum Gasteiger partial charge on any atom is -0.396 e. The van der Waals surface area contributed by atoms with Crippen molar-refractivity contribution in [1.29, 1.82) is 0 Å². The predicted molar refractivity (Wildman–Crippen MR) is 152 cm³/mol. The Kier molecular flexibility index (Phi) is 9.65. The van der Waals surface area contributed by atoms with Gasteiger partial charge in [0.05, 0.1) is 0 Å². The Labute approximate surface area is 218 Å². The highest BCUT2D eigenvalue weighted by Crippen LogP contribution is 2.35. The van der Waals surface area contributed by atoms with Crippen LogP contribution in [0.5, 0.6) is 0 Å². The molecule has 0 aliphatic carbocycles. The van der Waals surface area contributed by atoms with Crippen LogP contribution in [0.15, 0.2) is 0 Å². The van der Waals surface area contributed by atoms with E-state index in [1.807, 2.05) is 0 Å². The third-order valence-electron chi connectivity index (χ3n) is 8.40. The van der Waals surface area contributed by atoms with E-state index < -0.39 is 0 Å². The highest BCUT2D eigenvalue weighted by Gasteiger charge is 2.41. The number of aliphatic hydroxyl groups excluding tert-OH is 1.